The Kier molecular flexibility index (Phi) is 18.9. The SMILES string of the molecule is CCCCCCCCC/C=C\CCCCCCCCCCCC(O)(C[N+](C)(C)C)P(=O)(O)O. The minimum absolute atomic E-state index is 0.0611. The molecule has 1 atom stereocenters. The summed E-state index contributed by atoms with van der Waals surface area (Å²) >= 11 is 0. The fourth-order valence-electron chi connectivity index (χ4n) is 4.44. The van der Waals surface area contributed by atoms with E-state index in [9.17, 15) is 19.5 Å². The molecule has 5 nitrogen and oxygen atoms in total. The Morgan fingerprint density at radius 3 is 1.39 bits per heavy atom. The van der Waals surface area contributed by atoms with Crippen LogP contribution in [0, 0.1) is 0 Å². The van der Waals surface area contributed by atoms with Gasteiger partial charge >= 0.3 is 7.60 Å². The molecule has 0 spiro atoms. The van der Waals surface area contributed by atoms with Gasteiger partial charge in [-0.05, 0) is 38.5 Å². The molecule has 198 valence electrons. The maximum Gasteiger partial charge on any atom is 0.362 e. The van der Waals surface area contributed by atoms with Gasteiger partial charge in [0.1, 0.15) is 6.54 Å². The summed E-state index contributed by atoms with van der Waals surface area (Å²) < 4.78 is 12.1. The molecule has 0 aromatic rings. The third-order valence-corrected chi connectivity index (χ3v) is 7.81. The summed E-state index contributed by atoms with van der Waals surface area (Å²) in [4.78, 5) is 19.2. The number of likely N-dealkylation sites (N-methyl/N-ethyl adjacent to an activating group) is 1. The van der Waals surface area contributed by atoms with E-state index in [-0.39, 0.29) is 13.0 Å². The summed E-state index contributed by atoms with van der Waals surface area (Å²) in [7, 11) is 0.980. The van der Waals surface area contributed by atoms with Crippen LogP contribution >= 0.6 is 7.60 Å². The van der Waals surface area contributed by atoms with Gasteiger partial charge in [-0.3, -0.25) is 4.57 Å². The van der Waals surface area contributed by atoms with Crippen LogP contribution in [0.5, 0.6) is 0 Å². The van der Waals surface area contributed by atoms with E-state index in [4.69, 9.17) is 0 Å². The first-order chi connectivity index (χ1) is 15.5. The van der Waals surface area contributed by atoms with Gasteiger partial charge in [-0.15, -0.1) is 0 Å². The molecule has 1 unspecified atom stereocenters. The Labute approximate surface area is 205 Å². The second kappa shape index (κ2) is 19.1. The topological polar surface area (TPSA) is 77.8 Å². The molecule has 0 radical (unpaired) electrons. The highest BCUT2D eigenvalue weighted by atomic mass is 31.2. The van der Waals surface area contributed by atoms with E-state index in [1.165, 1.54) is 96.3 Å². The first kappa shape index (κ1) is 32.8. The van der Waals surface area contributed by atoms with Crippen LogP contribution in [0.25, 0.3) is 0 Å². The minimum Gasteiger partial charge on any atom is -0.373 e. The Hall–Kier alpha value is -0.190. The lowest BCUT2D eigenvalue weighted by Crippen LogP contribution is -2.49. The second-order valence-electron chi connectivity index (χ2n) is 11.1. The second-order valence-corrected chi connectivity index (χ2v) is 13.0. The molecule has 0 aliphatic carbocycles. The minimum atomic E-state index is -4.54. The molecule has 0 heterocycles. The van der Waals surface area contributed by atoms with Crippen molar-refractivity contribution in [3.05, 3.63) is 12.2 Å². The van der Waals surface area contributed by atoms with Crippen molar-refractivity contribution in [1.29, 1.82) is 0 Å². The zero-order chi connectivity index (χ0) is 25.1. The van der Waals surface area contributed by atoms with E-state index in [1.807, 2.05) is 21.1 Å². The van der Waals surface area contributed by atoms with Crippen LogP contribution in [0.1, 0.15) is 129 Å². The van der Waals surface area contributed by atoms with Crippen molar-refractivity contribution in [2.45, 2.75) is 134 Å². The van der Waals surface area contributed by atoms with Crippen LogP contribution in [0.2, 0.25) is 0 Å². The molecule has 3 N–H and O–H groups in total. The van der Waals surface area contributed by atoms with Crippen LogP contribution in [0.15, 0.2) is 12.2 Å². The van der Waals surface area contributed by atoms with Gasteiger partial charge in [-0.25, -0.2) is 0 Å². The monoisotopic (exact) mass is 490 g/mol. The van der Waals surface area contributed by atoms with E-state index < -0.39 is 12.9 Å². The quantitative estimate of drug-likeness (QED) is 0.0598. The third-order valence-electron chi connectivity index (χ3n) is 6.36. The van der Waals surface area contributed by atoms with E-state index in [1.54, 1.807) is 0 Å². The molecule has 0 aliphatic heterocycles. The van der Waals surface area contributed by atoms with Crippen molar-refractivity contribution >= 4 is 7.60 Å². The lowest BCUT2D eigenvalue weighted by molar-refractivity contribution is -0.875. The summed E-state index contributed by atoms with van der Waals surface area (Å²) in [5.41, 5.74) is 0. The van der Waals surface area contributed by atoms with Crippen LogP contribution in [-0.2, 0) is 4.57 Å². The first-order valence-electron chi connectivity index (χ1n) is 13.8. The van der Waals surface area contributed by atoms with Crippen molar-refractivity contribution in [3.8, 4) is 0 Å². The molecule has 0 rings (SSSR count). The molecule has 0 aliphatic rings. The van der Waals surface area contributed by atoms with Gasteiger partial charge in [0, 0.05) is 0 Å². The van der Waals surface area contributed by atoms with Crippen molar-refractivity contribution in [3.63, 3.8) is 0 Å². The standard InChI is InChI=1S/C27H56NO4P/c1-5-6-7-8-9-10-11-12-13-14-15-16-17-18-19-20-21-22-23-24-25-27(29,33(30,31)32)26-28(2,3)4/h13-14,29H,5-12,15-26H2,1-4H3,(H-,30,31,32)/p+1/b14-13-. The lowest BCUT2D eigenvalue weighted by Gasteiger charge is -2.35. The number of aliphatic hydroxyl groups is 1. The summed E-state index contributed by atoms with van der Waals surface area (Å²) in [6, 6.07) is 0. The van der Waals surface area contributed by atoms with Crippen LogP contribution in [-0.4, -0.2) is 52.4 Å². The first-order valence-corrected chi connectivity index (χ1v) is 15.4. The molecule has 0 amide bonds. The van der Waals surface area contributed by atoms with Gasteiger partial charge in [0.15, 0.2) is 0 Å². The average Bonchev–Trinajstić information content (AvgIpc) is 2.70. The number of nitrogens with zero attached hydrogens (tertiary/aromatic N) is 1. The van der Waals surface area contributed by atoms with Gasteiger partial charge in [-0.1, -0.05) is 103 Å². The van der Waals surface area contributed by atoms with Crippen LogP contribution < -0.4 is 0 Å². The summed E-state index contributed by atoms with van der Waals surface area (Å²) in [5.74, 6) is 0. The molecule has 6 heteroatoms. The van der Waals surface area contributed by atoms with Gasteiger partial charge in [0.2, 0.25) is 5.34 Å². The third kappa shape index (κ3) is 19.8. The van der Waals surface area contributed by atoms with Gasteiger partial charge in [-0.2, -0.15) is 0 Å². The normalized spacial score (nSPS) is 14.8. The highest BCUT2D eigenvalue weighted by Crippen LogP contribution is 2.52. The molecule has 0 aromatic carbocycles. The maximum absolute atomic E-state index is 11.8. The highest BCUT2D eigenvalue weighted by molar-refractivity contribution is 7.53. The summed E-state index contributed by atoms with van der Waals surface area (Å²) in [6.07, 6.45) is 27.3. The zero-order valence-corrected chi connectivity index (χ0v) is 23.3. The number of unbranched alkanes of at least 4 members (excludes halogenated alkanes) is 16. The summed E-state index contributed by atoms with van der Waals surface area (Å²) in [5, 5.41) is 8.64. The Morgan fingerprint density at radius 2 is 1.03 bits per heavy atom. The highest BCUT2D eigenvalue weighted by Gasteiger charge is 2.48. The van der Waals surface area contributed by atoms with Gasteiger partial charge in [0.25, 0.3) is 0 Å². The van der Waals surface area contributed by atoms with E-state index >= 15 is 0 Å². The molecule has 0 aromatic heterocycles. The number of hydrogen-bond donors (Lipinski definition) is 3. The number of quaternary nitrogens is 1. The molecule has 0 bridgehead atoms. The molecule has 33 heavy (non-hydrogen) atoms. The van der Waals surface area contributed by atoms with Crippen molar-refractivity contribution in [2.24, 2.45) is 0 Å². The van der Waals surface area contributed by atoms with Crippen LogP contribution in [0.4, 0.5) is 0 Å². The van der Waals surface area contributed by atoms with E-state index in [0.717, 1.165) is 12.8 Å². The average molecular weight is 491 g/mol. The van der Waals surface area contributed by atoms with Crippen molar-refractivity contribution < 1.29 is 23.9 Å². The Balaban J connectivity index is 3.56. The van der Waals surface area contributed by atoms with Crippen molar-refractivity contribution in [2.75, 3.05) is 27.7 Å². The predicted molar refractivity (Wildman–Crippen MR) is 142 cm³/mol. The molecule has 0 saturated carbocycles. The Morgan fingerprint density at radius 1 is 0.667 bits per heavy atom. The van der Waals surface area contributed by atoms with E-state index in [2.05, 4.69) is 19.1 Å². The lowest BCUT2D eigenvalue weighted by atomic mass is 10.0. The molecular weight excluding hydrogens is 433 g/mol. The predicted octanol–water partition coefficient (Wildman–Crippen LogP) is 7.55. The zero-order valence-electron chi connectivity index (χ0n) is 22.4. The number of rotatable bonds is 23. The number of hydrogen-bond acceptors (Lipinski definition) is 2. The molecule has 0 fully saturated rings. The summed E-state index contributed by atoms with van der Waals surface area (Å²) in [6.45, 7) is 2.33. The fraction of sp³-hybridized carbons (Fsp3) is 0.926. The largest absolute Gasteiger partial charge is 0.373 e. The van der Waals surface area contributed by atoms with Crippen LogP contribution in [0.3, 0.4) is 0 Å². The van der Waals surface area contributed by atoms with Gasteiger partial charge < -0.3 is 19.4 Å². The van der Waals surface area contributed by atoms with Gasteiger partial charge in [0.05, 0.1) is 21.1 Å². The molecule has 0 saturated heterocycles. The number of allylic oxidation sites excluding steroid dienone is 2. The smallest absolute Gasteiger partial charge is 0.362 e. The Bertz CT molecular complexity index is 527. The van der Waals surface area contributed by atoms with Crippen molar-refractivity contribution in [1.82, 2.24) is 0 Å². The maximum atomic E-state index is 11.8. The molecular formula is C27H57NO4P+. The van der Waals surface area contributed by atoms with E-state index in [0.29, 0.717) is 10.9 Å². The fourth-order valence-corrected chi connectivity index (χ4v) is 5.50.